The van der Waals surface area contributed by atoms with Crippen molar-refractivity contribution in [2.45, 2.75) is 6.92 Å². The molecule has 0 aliphatic carbocycles. The van der Waals surface area contributed by atoms with Crippen LogP contribution in [0.1, 0.15) is 6.92 Å². The maximum atomic E-state index is 3.48. The van der Waals surface area contributed by atoms with E-state index in [1.165, 1.54) is 16.8 Å². The summed E-state index contributed by atoms with van der Waals surface area (Å²) in [4.78, 5) is 0. The molecule has 0 fully saturated rings. The Morgan fingerprint density at radius 1 is 0.812 bits per heavy atom. The molecule has 16 heavy (non-hydrogen) atoms. The Balaban J connectivity index is 2.54. The zero-order valence-electron chi connectivity index (χ0n) is 9.34. The molecule has 0 amide bonds. The summed E-state index contributed by atoms with van der Waals surface area (Å²) in [5, 5.41) is 2.90. The van der Waals surface area contributed by atoms with Crippen LogP contribution in [0.3, 0.4) is 0 Å². The van der Waals surface area contributed by atoms with E-state index >= 15 is 0 Å². The molecule has 0 radical (unpaired) electrons. The van der Waals surface area contributed by atoms with Gasteiger partial charge >= 0.3 is 105 Å². The number of hydrogen-bond acceptors (Lipinski definition) is 0. The van der Waals surface area contributed by atoms with Crippen molar-refractivity contribution in [2.24, 2.45) is 0 Å². The normalized spacial score (nSPS) is 11.3. The van der Waals surface area contributed by atoms with Crippen molar-refractivity contribution < 1.29 is 0 Å². The van der Waals surface area contributed by atoms with Gasteiger partial charge in [-0.05, 0) is 0 Å². The van der Waals surface area contributed by atoms with E-state index in [0.717, 1.165) is 0 Å². The molecule has 0 atom stereocenters. The van der Waals surface area contributed by atoms with Crippen LogP contribution in [-0.4, -0.2) is 21.3 Å². The van der Waals surface area contributed by atoms with Crippen LogP contribution in [0.15, 0.2) is 60.7 Å². The van der Waals surface area contributed by atoms with Crippen LogP contribution in [0.5, 0.6) is 0 Å². The summed E-state index contributed by atoms with van der Waals surface area (Å²) in [6.07, 6.45) is 1.17. The van der Waals surface area contributed by atoms with Crippen LogP contribution in [-0.2, 0) is 0 Å². The van der Waals surface area contributed by atoms with Crippen LogP contribution in [0, 0.1) is 0 Å². The predicted molar refractivity (Wildman–Crippen MR) is 75.4 cm³/mol. The first-order valence-electron chi connectivity index (χ1n) is 5.47. The van der Waals surface area contributed by atoms with Crippen LogP contribution < -0.4 is 10.6 Å². The zero-order valence-corrected chi connectivity index (χ0v) is 11.9. The molecule has 0 N–H and O–H groups in total. The molecule has 0 nitrogen and oxygen atoms in total. The summed E-state index contributed by atoms with van der Waals surface area (Å²) in [6.45, 7) is 2.27. The predicted octanol–water partition coefficient (Wildman–Crippen LogP) is 2.76. The molecule has 0 saturated carbocycles. The van der Waals surface area contributed by atoms with E-state index in [2.05, 4.69) is 82.7 Å². The summed E-state index contributed by atoms with van der Waals surface area (Å²) < 4.78 is 0. The van der Waals surface area contributed by atoms with Crippen molar-refractivity contribution in [2.75, 3.05) is 6.16 Å². The minimum absolute atomic E-state index is 1.17. The maximum absolute atomic E-state index is 3.48. The van der Waals surface area contributed by atoms with E-state index in [9.17, 15) is 0 Å². The third-order valence-corrected chi connectivity index (χ3v) is 10.2. The number of benzene rings is 2. The number of hydrogen-bond donors (Lipinski definition) is 0. The Hall–Kier alpha value is -0.611. The van der Waals surface area contributed by atoms with E-state index in [1.54, 1.807) is 0 Å². The Bertz CT molecular complexity index is 447. The van der Waals surface area contributed by atoms with E-state index in [-0.39, 0.29) is 0 Å². The van der Waals surface area contributed by atoms with Crippen molar-refractivity contribution in [3.8, 4) is 0 Å². The summed E-state index contributed by atoms with van der Waals surface area (Å²) in [5.41, 5.74) is -1.28. The van der Waals surface area contributed by atoms with Gasteiger partial charge in [0.2, 0.25) is 0 Å². The molecule has 2 aromatic rings. The van der Waals surface area contributed by atoms with Gasteiger partial charge in [0.15, 0.2) is 0 Å². The molecule has 0 aliphatic rings. The fraction of sp³-hybridized carbons (Fsp3) is 0.143. The summed E-state index contributed by atoms with van der Waals surface area (Å²) in [5.74, 6) is 0. The van der Waals surface area contributed by atoms with E-state index < -0.39 is 5.51 Å². The number of rotatable bonds is 3. The molecule has 0 aromatic heterocycles. The molecule has 2 heteroatoms. The van der Waals surface area contributed by atoms with Gasteiger partial charge in [0.1, 0.15) is 0 Å². The molecule has 0 spiro atoms. The van der Waals surface area contributed by atoms with Crippen molar-refractivity contribution in [3.63, 3.8) is 0 Å². The molecule has 82 valence electrons. The van der Waals surface area contributed by atoms with E-state index in [4.69, 9.17) is 0 Å². The van der Waals surface area contributed by atoms with Gasteiger partial charge < -0.3 is 0 Å². The van der Waals surface area contributed by atoms with Crippen LogP contribution >= 0.6 is 5.51 Å². The Labute approximate surface area is 105 Å². The first kappa shape index (κ1) is 11.9. The quantitative estimate of drug-likeness (QED) is 0.603. The van der Waals surface area contributed by atoms with E-state index in [0.29, 0.717) is 0 Å². The molecule has 0 unspecified atom stereocenters. The van der Waals surface area contributed by atoms with Crippen molar-refractivity contribution in [1.29, 1.82) is 0 Å². The Kier molecular flexibility index (Phi) is 3.82. The average Bonchev–Trinajstić information content (AvgIpc) is 2.40. The first-order valence-corrected chi connectivity index (χ1v) is 9.66. The minimum atomic E-state index is -1.28. The average molecular weight is 293 g/mol. The topological polar surface area (TPSA) is 0 Å². The molecule has 0 saturated heterocycles. The summed E-state index contributed by atoms with van der Waals surface area (Å²) >= 11 is 3.48. The zero-order chi connectivity index (χ0) is 11.4. The van der Waals surface area contributed by atoms with Gasteiger partial charge in [-0.15, -0.1) is 0 Å². The molecule has 0 aliphatic heterocycles. The van der Waals surface area contributed by atoms with Gasteiger partial charge in [0, 0.05) is 0 Å². The second-order valence-corrected chi connectivity index (χ2v) is 10.8. The Morgan fingerprint density at radius 2 is 1.19 bits per heavy atom. The second kappa shape index (κ2) is 5.15. The van der Waals surface area contributed by atoms with Crippen LogP contribution in [0.25, 0.3) is 0 Å². The van der Waals surface area contributed by atoms with Gasteiger partial charge in [0.05, 0.1) is 0 Å². The second-order valence-electron chi connectivity index (χ2n) is 3.73. The fourth-order valence-corrected chi connectivity index (χ4v) is 5.72. The SMILES string of the molecule is CCP(=[Se])(c1ccccc1)c1ccccc1. The molecular weight excluding hydrogens is 278 g/mol. The van der Waals surface area contributed by atoms with Crippen molar-refractivity contribution in [3.05, 3.63) is 60.7 Å². The summed E-state index contributed by atoms with van der Waals surface area (Å²) in [6, 6.07) is 21.6. The Morgan fingerprint density at radius 3 is 1.50 bits per heavy atom. The van der Waals surface area contributed by atoms with Gasteiger partial charge in [-0.25, -0.2) is 0 Å². The van der Waals surface area contributed by atoms with Crippen molar-refractivity contribution in [1.82, 2.24) is 0 Å². The molecule has 2 rings (SSSR count). The fourth-order valence-electron chi connectivity index (χ4n) is 1.85. The van der Waals surface area contributed by atoms with Gasteiger partial charge in [0.25, 0.3) is 0 Å². The third-order valence-electron chi connectivity index (χ3n) is 2.79. The summed E-state index contributed by atoms with van der Waals surface area (Å²) in [7, 11) is 0. The third kappa shape index (κ3) is 2.23. The molecule has 0 heterocycles. The van der Waals surface area contributed by atoms with Gasteiger partial charge in [-0.3, -0.25) is 0 Å². The standard InChI is InChI=1S/C14H15PSe/c1-2-15(16,13-9-5-3-6-10-13)14-11-7-4-8-12-14/h3-12H,2H2,1H3. The first-order chi connectivity index (χ1) is 7.77. The molecule has 0 bridgehead atoms. The van der Waals surface area contributed by atoms with Gasteiger partial charge in [-0.1, -0.05) is 0 Å². The van der Waals surface area contributed by atoms with Crippen molar-refractivity contribution >= 4 is 31.2 Å². The van der Waals surface area contributed by atoms with Crippen LogP contribution in [0.2, 0.25) is 0 Å². The molecular formula is C14H15PSe. The van der Waals surface area contributed by atoms with E-state index in [1.807, 2.05) is 0 Å². The molecule has 2 aromatic carbocycles. The monoisotopic (exact) mass is 294 g/mol. The van der Waals surface area contributed by atoms with Crippen LogP contribution in [0.4, 0.5) is 0 Å². The van der Waals surface area contributed by atoms with Gasteiger partial charge in [-0.2, -0.15) is 0 Å².